The minimum absolute atomic E-state index is 0.0527. The molecule has 0 radical (unpaired) electrons. The highest BCUT2D eigenvalue weighted by Crippen LogP contribution is 2.52. The molecule has 1 N–H and O–H groups in total. The Morgan fingerprint density at radius 1 is 1.33 bits per heavy atom. The van der Waals surface area contributed by atoms with Crippen LogP contribution >= 0.6 is 0 Å². The van der Waals surface area contributed by atoms with Crippen LogP contribution in [-0.4, -0.2) is 33.8 Å². The van der Waals surface area contributed by atoms with E-state index in [1.54, 1.807) is 29.4 Å². The number of anilines is 1. The minimum atomic E-state index is -0.443. The van der Waals surface area contributed by atoms with Gasteiger partial charge < -0.3 is 10.2 Å². The molecule has 2 amide bonds. The monoisotopic (exact) mass is 287 g/mol. The molecule has 5 heteroatoms. The zero-order valence-electron chi connectivity index (χ0n) is 12.5. The van der Waals surface area contributed by atoms with Crippen LogP contribution in [0.5, 0.6) is 0 Å². The Hall–Kier alpha value is -1.91. The van der Waals surface area contributed by atoms with Crippen LogP contribution < -0.4 is 5.32 Å². The average molecular weight is 287 g/mol. The van der Waals surface area contributed by atoms with Gasteiger partial charge in [0.25, 0.3) is 0 Å². The number of hydrogen-bond acceptors (Lipinski definition) is 3. The summed E-state index contributed by atoms with van der Waals surface area (Å²) in [4.78, 5) is 30.9. The van der Waals surface area contributed by atoms with E-state index in [1.807, 2.05) is 13.8 Å². The number of aromatic nitrogens is 1. The number of pyridine rings is 1. The topological polar surface area (TPSA) is 62.3 Å². The number of amides is 2. The quantitative estimate of drug-likeness (QED) is 0.867. The van der Waals surface area contributed by atoms with Crippen LogP contribution in [0.1, 0.15) is 39.5 Å². The summed E-state index contributed by atoms with van der Waals surface area (Å²) in [7, 11) is 0. The van der Waals surface area contributed by atoms with Crippen molar-refractivity contribution in [1.82, 2.24) is 9.88 Å². The molecule has 2 aliphatic rings. The van der Waals surface area contributed by atoms with E-state index >= 15 is 0 Å². The number of hydrogen-bond donors (Lipinski definition) is 1. The summed E-state index contributed by atoms with van der Waals surface area (Å²) in [5.74, 6) is 0.0845. The lowest BCUT2D eigenvalue weighted by Crippen LogP contribution is -2.73. The van der Waals surface area contributed by atoms with Gasteiger partial charge in [-0.05, 0) is 38.8 Å². The molecule has 5 nitrogen and oxygen atoms in total. The summed E-state index contributed by atoms with van der Waals surface area (Å²) in [6.07, 6.45) is 7.04. The molecule has 1 aromatic heterocycles. The largest absolute Gasteiger partial charge is 0.327 e. The predicted molar refractivity (Wildman–Crippen MR) is 79.5 cm³/mol. The number of nitrogens with one attached hydrogen (secondary N) is 1. The fraction of sp³-hybridized carbons (Fsp3) is 0.562. The van der Waals surface area contributed by atoms with Crippen molar-refractivity contribution in [2.75, 3.05) is 5.32 Å². The van der Waals surface area contributed by atoms with Crippen LogP contribution in [0.4, 0.5) is 5.69 Å². The van der Waals surface area contributed by atoms with E-state index < -0.39 is 5.41 Å². The second kappa shape index (κ2) is 5.13. The van der Waals surface area contributed by atoms with E-state index in [4.69, 9.17) is 0 Å². The third-order valence-corrected chi connectivity index (χ3v) is 4.71. The van der Waals surface area contributed by atoms with Crippen LogP contribution in [0, 0.1) is 5.41 Å². The van der Waals surface area contributed by atoms with Crippen LogP contribution in [0.25, 0.3) is 0 Å². The van der Waals surface area contributed by atoms with Crippen molar-refractivity contribution in [2.24, 2.45) is 5.41 Å². The number of carbonyl (C=O) groups excluding carboxylic acids is 2. The van der Waals surface area contributed by atoms with Crippen LogP contribution in [0.3, 0.4) is 0 Å². The molecular formula is C16H21N3O2. The molecule has 21 heavy (non-hydrogen) atoms. The van der Waals surface area contributed by atoms with Crippen molar-refractivity contribution >= 4 is 17.5 Å². The molecule has 1 saturated heterocycles. The molecule has 0 bridgehead atoms. The Morgan fingerprint density at radius 2 is 1.95 bits per heavy atom. The van der Waals surface area contributed by atoms with E-state index in [0.717, 1.165) is 31.4 Å². The average Bonchev–Trinajstić information content (AvgIpc) is 2.96. The Bertz CT molecular complexity index is 550. The molecule has 1 spiro atoms. The molecule has 1 unspecified atom stereocenters. The van der Waals surface area contributed by atoms with Gasteiger partial charge in [0.05, 0.1) is 5.41 Å². The maximum atomic E-state index is 12.7. The third kappa shape index (κ3) is 2.11. The fourth-order valence-electron chi connectivity index (χ4n) is 3.74. The molecule has 2 fully saturated rings. The predicted octanol–water partition coefficient (Wildman–Crippen LogP) is 2.20. The number of carbonyl (C=O) groups is 2. The van der Waals surface area contributed by atoms with Gasteiger partial charge in [-0.25, -0.2) is 0 Å². The second-order valence-electron chi connectivity index (χ2n) is 6.30. The van der Waals surface area contributed by atoms with Crippen LogP contribution in [0.15, 0.2) is 24.5 Å². The number of likely N-dealkylation sites (tertiary alicyclic amines) is 1. The maximum Gasteiger partial charge on any atom is 0.248 e. The van der Waals surface area contributed by atoms with Gasteiger partial charge in [0.15, 0.2) is 0 Å². The van der Waals surface area contributed by atoms with E-state index in [0.29, 0.717) is 0 Å². The van der Waals surface area contributed by atoms with Crippen molar-refractivity contribution < 1.29 is 9.59 Å². The number of β-lactam (4-membered cyclic amide) rings is 1. The zero-order chi connectivity index (χ0) is 15.0. The van der Waals surface area contributed by atoms with E-state index in [2.05, 4.69) is 10.3 Å². The standard InChI is InChI=1S/C16H21N3O2/c1-11(2)19-13(16(15(19)21)7-3-4-8-16)14(20)18-12-5-9-17-10-6-12/h5-6,9-11,13H,3-4,7-8H2,1-2H3,(H,17,18,20). The second-order valence-corrected chi connectivity index (χ2v) is 6.30. The molecule has 1 aliphatic heterocycles. The lowest BCUT2D eigenvalue weighted by Gasteiger charge is -2.55. The molecule has 3 rings (SSSR count). The highest BCUT2D eigenvalue weighted by Gasteiger charge is 2.64. The molecule has 2 heterocycles. The Labute approximate surface area is 124 Å². The van der Waals surface area contributed by atoms with Gasteiger partial charge in [0.1, 0.15) is 6.04 Å². The van der Waals surface area contributed by atoms with Gasteiger partial charge >= 0.3 is 0 Å². The third-order valence-electron chi connectivity index (χ3n) is 4.71. The summed E-state index contributed by atoms with van der Waals surface area (Å²) in [6.45, 7) is 3.93. The first-order valence-electron chi connectivity index (χ1n) is 7.60. The molecule has 1 aliphatic carbocycles. The van der Waals surface area contributed by atoms with Crippen LogP contribution in [-0.2, 0) is 9.59 Å². The summed E-state index contributed by atoms with van der Waals surface area (Å²) in [5, 5.41) is 2.93. The summed E-state index contributed by atoms with van der Waals surface area (Å²) < 4.78 is 0. The zero-order valence-corrected chi connectivity index (χ0v) is 12.5. The highest BCUT2D eigenvalue weighted by atomic mass is 16.2. The summed E-state index contributed by atoms with van der Waals surface area (Å²) in [5.41, 5.74) is 0.285. The SMILES string of the molecule is CC(C)N1C(=O)C2(CCCC2)C1C(=O)Nc1ccncc1. The Morgan fingerprint density at radius 3 is 2.52 bits per heavy atom. The number of nitrogens with zero attached hydrogens (tertiary/aromatic N) is 2. The molecule has 0 aromatic carbocycles. The van der Waals surface area contributed by atoms with Gasteiger partial charge in [0, 0.05) is 24.1 Å². The van der Waals surface area contributed by atoms with Gasteiger partial charge in [-0.2, -0.15) is 0 Å². The Kier molecular flexibility index (Phi) is 3.43. The molecule has 1 aromatic rings. The normalized spacial score (nSPS) is 23.5. The summed E-state index contributed by atoms with van der Waals surface area (Å²) >= 11 is 0. The lowest BCUT2D eigenvalue weighted by atomic mass is 9.68. The van der Waals surface area contributed by atoms with Crippen molar-refractivity contribution in [1.29, 1.82) is 0 Å². The van der Waals surface area contributed by atoms with Gasteiger partial charge in [-0.3, -0.25) is 14.6 Å². The summed E-state index contributed by atoms with van der Waals surface area (Å²) in [6, 6.07) is 3.25. The first kappa shape index (κ1) is 14.0. The van der Waals surface area contributed by atoms with Crippen molar-refractivity contribution in [2.45, 2.75) is 51.6 Å². The molecular weight excluding hydrogens is 266 g/mol. The lowest BCUT2D eigenvalue weighted by molar-refractivity contribution is -0.179. The number of rotatable bonds is 3. The van der Waals surface area contributed by atoms with Crippen LogP contribution in [0.2, 0.25) is 0 Å². The first-order valence-corrected chi connectivity index (χ1v) is 7.60. The van der Waals surface area contributed by atoms with Gasteiger partial charge in [-0.1, -0.05) is 12.8 Å². The van der Waals surface area contributed by atoms with Gasteiger partial charge in [-0.15, -0.1) is 0 Å². The highest BCUT2D eigenvalue weighted by molar-refractivity contribution is 6.07. The Balaban J connectivity index is 1.83. The van der Waals surface area contributed by atoms with E-state index in [-0.39, 0.29) is 23.9 Å². The van der Waals surface area contributed by atoms with Crippen molar-refractivity contribution in [3.05, 3.63) is 24.5 Å². The van der Waals surface area contributed by atoms with Crippen molar-refractivity contribution in [3.63, 3.8) is 0 Å². The molecule has 112 valence electrons. The smallest absolute Gasteiger partial charge is 0.248 e. The van der Waals surface area contributed by atoms with E-state index in [1.165, 1.54) is 0 Å². The maximum absolute atomic E-state index is 12.7. The molecule has 1 atom stereocenters. The van der Waals surface area contributed by atoms with Gasteiger partial charge in [0.2, 0.25) is 11.8 Å². The van der Waals surface area contributed by atoms with Crippen molar-refractivity contribution in [3.8, 4) is 0 Å². The minimum Gasteiger partial charge on any atom is -0.327 e. The fourth-order valence-corrected chi connectivity index (χ4v) is 3.74. The molecule has 1 saturated carbocycles. The first-order chi connectivity index (χ1) is 10.1. The van der Waals surface area contributed by atoms with E-state index in [9.17, 15) is 9.59 Å².